The Kier molecular flexibility index (Phi) is 5.72. The van der Waals surface area contributed by atoms with E-state index in [-0.39, 0.29) is 17.9 Å². The van der Waals surface area contributed by atoms with Crippen LogP contribution >= 0.6 is 0 Å². The predicted octanol–water partition coefficient (Wildman–Crippen LogP) is 1.99. The molecule has 0 bridgehead atoms. The second-order valence-electron chi connectivity index (χ2n) is 5.41. The third kappa shape index (κ3) is 4.18. The summed E-state index contributed by atoms with van der Waals surface area (Å²) in [4.78, 5) is 25.7. The molecule has 5 nitrogen and oxygen atoms in total. The van der Waals surface area contributed by atoms with Crippen LogP contribution in [-0.4, -0.2) is 43.0 Å². The third-order valence-electron chi connectivity index (χ3n) is 3.79. The van der Waals surface area contributed by atoms with Gasteiger partial charge in [-0.3, -0.25) is 9.59 Å². The molecule has 1 aliphatic heterocycles. The molecule has 1 heterocycles. The van der Waals surface area contributed by atoms with Crippen molar-refractivity contribution in [3.63, 3.8) is 0 Å². The van der Waals surface area contributed by atoms with E-state index in [2.05, 4.69) is 11.9 Å². The summed E-state index contributed by atoms with van der Waals surface area (Å²) in [6.45, 7) is 4.80. The van der Waals surface area contributed by atoms with Crippen LogP contribution in [0.2, 0.25) is 0 Å². The summed E-state index contributed by atoms with van der Waals surface area (Å²) in [7, 11) is 1.66. The average molecular weight is 302 g/mol. The highest BCUT2D eigenvalue weighted by Crippen LogP contribution is 2.19. The van der Waals surface area contributed by atoms with Gasteiger partial charge in [-0.15, -0.1) is 0 Å². The Morgan fingerprint density at radius 1 is 1.50 bits per heavy atom. The molecule has 22 heavy (non-hydrogen) atoms. The summed E-state index contributed by atoms with van der Waals surface area (Å²) in [5.41, 5.74) is 1.56. The number of hydrogen-bond acceptors (Lipinski definition) is 3. The van der Waals surface area contributed by atoms with Crippen LogP contribution in [0.15, 0.2) is 36.9 Å². The first-order valence-corrected chi connectivity index (χ1v) is 7.45. The number of amides is 2. The number of nitrogens with one attached hydrogen (secondary N) is 1. The van der Waals surface area contributed by atoms with Gasteiger partial charge in [0.05, 0.1) is 19.1 Å². The highest BCUT2D eigenvalue weighted by Gasteiger charge is 2.28. The zero-order valence-corrected chi connectivity index (χ0v) is 12.9. The summed E-state index contributed by atoms with van der Waals surface area (Å²) >= 11 is 0. The van der Waals surface area contributed by atoms with Gasteiger partial charge < -0.3 is 15.0 Å². The first-order chi connectivity index (χ1) is 10.6. The summed E-state index contributed by atoms with van der Waals surface area (Å²) < 4.78 is 5.18. The molecule has 2 rings (SSSR count). The van der Waals surface area contributed by atoms with E-state index in [1.807, 2.05) is 23.1 Å². The average Bonchev–Trinajstić information content (AvgIpc) is 2.96. The molecule has 0 radical (unpaired) electrons. The maximum atomic E-state index is 12.5. The topological polar surface area (TPSA) is 58.6 Å². The summed E-state index contributed by atoms with van der Waals surface area (Å²) in [5.74, 6) is -0.157. The van der Waals surface area contributed by atoms with Crippen molar-refractivity contribution < 1.29 is 14.3 Å². The van der Waals surface area contributed by atoms with Crippen molar-refractivity contribution in [1.29, 1.82) is 0 Å². The van der Waals surface area contributed by atoms with E-state index in [9.17, 15) is 9.59 Å². The third-order valence-corrected chi connectivity index (χ3v) is 3.79. The van der Waals surface area contributed by atoms with Gasteiger partial charge in [0.15, 0.2) is 0 Å². The molecule has 0 saturated carbocycles. The van der Waals surface area contributed by atoms with E-state index in [4.69, 9.17) is 4.74 Å². The molecule has 1 aliphatic rings. The minimum atomic E-state index is -0.261. The van der Waals surface area contributed by atoms with Crippen LogP contribution in [0.4, 0.5) is 5.69 Å². The van der Waals surface area contributed by atoms with E-state index in [1.165, 1.54) is 6.08 Å². The molecule has 5 heteroatoms. The number of rotatable bonds is 6. The second kappa shape index (κ2) is 7.75. The lowest BCUT2D eigenvalue weighted by Crippen LogP contribution is -2.39. The van der Waals surface area contributed by atoms with Gasteiger partial charge in [-0.1, -0.05) is 18.7 Å². The molecule has 1 unspecified atom stereocenters. The molecular formula is C17H22N2O3. The largest absolute Gasteiger partial charge is 0.383 e. The Morgan fingerprint density at radius 2 is 2.32 bits per heavy atom. The normalized spacial score (nSPS) is 17.3. The van der Waals surface area contributed by atoms with Crippen molar-refractivity contribution in [1.82, 2.24) is 4.90 Å². The number of ether oxygens (including phenoxy) is 1. The van der Waals surface area contributed by atoms with Crippen molar-refractivity contribution in [2.24, 2.45) is 0 Å². The fraction of sp³-hybridized carbons (Fsp3) is 0.412. The summed E-state index contributed by atoms with van der Waals surface area (Å²) in [6.07, 6.45) is 3.57. The van der Waals surface area contributed by atoms with Gasteiger partial charge in [-0.05, 0) is 36.6 Å². The Bertz CT molecular complexity index is 557. The number of hydrogen-bond donors (Lipinski definition) is 1. The fourth-order valence-electron chi connectivity index (χ4n) is 2.76. The number of anilines is 1. The van der Waals surface area contributed by atoms with E-state index in [0.717, 1.165) is 24.9 Å². The fourth-order valence-corrected chi connectivity index (χ4v) is 2.76. The van der Waals surface area contributed by atoms with Gasteiger partial charge in [-0.25, -0.2) is 0 Å². The van der Waals surface area contributed by atoms with Crippen molar-refractivity contribution in [2.45, 2.75) is 25.3 Å². The van der Waals surface area contributed by atoms with Crippen LogP contribution < -0.4 is 5.32 Å². The van der Waals surface area contributed by atoms with E-state index < -0.39 is 0 Å². The first-order valence-electron chi connectivity index (χ1n) is 7.45. The SMILES string of the molecule is C=CC(=O)Nc1cccc(CC(=O)N2CCCC2COC)c1. The lowest BCUT2D eigenvalue weighted by Gasteiger charge is -2.24. The summed E-state index contributed by atoms with van der Waals surface area (Å²) in [6, 6.07) is 7.52. The van der Waals surface area contributed by atoms with Crippen molar-refractivity contribution in [2.75, 3.05) is 25.6 Å². The molecule has 0 spiro atoms. The minimum Gasteiger partial charge on any atom is -0.383 e. The standard InChI is InChI=1S/C17H22N2O3/c1-3-16(20)18-14-7-4-6-13(10-14)11-17(21)19-9-5-8-15(19)12-22-2/h3-4,6-7,10,15H,1,5,8-9,11-12H2,2H3,(H,18,20). The number of benzene rings is 1. The Morgan fingerprint density at radius 3 is 3.05 bits per heavy atom. The molecule has 1 fully saturated rings. The smallest absolute Gasteiger partial charge is 0.247 e. The zero-order valence-electron chi connectivity index (χ0n) is 12.9. The highest BCUT2D eigenvalue weighted by atomic mass is 16.5. The van der Waals surface area contributed by atoms with Crippen molar-refractivity contribution in [3.05, 3.63) is 42.5 Å². The number of carbonyl (C=O) groups excluding carboxylic acids is 2. The van der Waals surface area contributed by atoms with Gasteiger partial charge >= 0.3 is 0 Å². The lowest BCUT2D eigenvalue weighted by molar-refractivity contribution is -0.132. The molecule has 0 aliphatic carbocycles. The Labute approximate surface area is 130 Å². The van der Waals surface area contributed by atoms with Gasteiger partial charge in [0.2, 0.25) is 11.8 Å². The minimum absolute atomic E-state index is 0.103. The van der Waals surface area contributed by atoms with Gasteiger partial charge in [0.25, 0.3) is 0 Å². The molecule has 0 aromatic heterocycles. The Hall–Kier alpha value is -2.14. The number of nitrogens with zero attached hydrogens (tertiary/aromatic N) is 1. The van der Waals surface area contributed by atoms with Crippen LogP contribution in [0.3, 0.4) is 0 Å². The van der Waals surface area contributed by atoms with E-state index in [1.54, 1.807) is 13.2 Å². The Balaban J connectivity index is 2.00. The maximum absolute atomic E-state index is 12.5. The number of likely N-dealkylation sites (tertiary alicyclic amines) is 1. The zero-order chi connectivity index (χ0) is 15.9. The molecule has 1 N–H and O–H groups in total. The molecule has 1 aromatic rings. The van der Waals surface area contributed by atoms with E-state index in [0.29, 0.717) is 18.7 Å². The quantitative estimate of drug-likeness (QED) is 0.818. The van der Waals surface area contributed by atoms with Gasteiger partial charge in [0, 0.05) is 19.3 Å². The predicted molar refractivity (Wildman–Crippen MR) is 85.6 cm³/mol. The van der Waals surface area contributed by atoms with Crippen molar-refractivity contribution in [3.8, 4) is 0 Å². The monoisotopic (exact) mass is 302 g/mol. The second-order valence-corrected chi connectivity index (χ2v) is 5.41. The highest BCUT2D eigenvalue weighted by molar-refractivity contribution is 5.98. The van der Waals surface area contributed by atoms with Crippen LogP contribution in [0.1, 0.15) is 18.4 Å². The maximum Gasteiger partial charge on any atom is 0.247 e. The molecular weight excluding hydrogens is 280 g/mol. The summed E-state index contributed by atoms with van der Waals surface area (Å²) in [5, 5.41) is 2.70. The van der Waals surface area contributed by atoms with Crippen LogP contribution in [0.25, 0.3) is 0 Å². The molecule has 118 valence electrons. The lowest BCUT2D eigenvalue weighted by atomic mass is 10.1. The molecule has 1 aromatic carbocycles. The number of carbonyl (C=O) groups is 2. The molecule has 1 saturated heterocycles. The molecule has 2 amide bonds. The van der Waals surface area contributed by atoms with Crippen LogP contribution in [0, 0.1) is 0 Å². The molecule has 1 atom stereocenters. The van der Waals surface area contributed by atoms with Crippen molar-refractivity contribution >= 4 is 17.5 Å². The van der Waals surface area contributed by atoms with Crippen LogP contribution in [-0.2, 0) is 20.7 Å². The van der Waals surface area contributed by atoms with Crippen LogP contribution in [0.5, 0.6) is 0 Å². The number of methoxy groups -OCH3 is 1. The van der Waals surface area contributed by atoms with Gasteiger partial charge in [-0.2, -0.15) is 0 Å². The first kappa shape index (κ1) is 16.2. The van der Waals surface area contributed by atoms with Gasteiger partial charge in [0.1, 0.15) is 0 Å². The van der Waals surface area contributed by atoms with E-state index >= 15 is 0 Å².